The number of esters is 3. The van der Waals surface area contributed by atoms with Crippen LogP contribution < -0.4 is 0 Å². The molecule has 0 unspecified atom stereocenters. The summed E-state index contributed by atoms with van der Waals surface area (Å²) in [6.45, 7) is 11.7. The number of aliphatic hydroxyl groups is 1. The number of fused-ring (bicyclic) bond motifs is 1. The van der Waals surface area contributed by atoms with Gasteiger partial charge in [-0.2, -0.15) is 0 Å². The van der Waals surface area contributed by atoms with Crippen molar-refractivity contribution in [1.82, 2.24) is 0 Å². The van der Waals surface area contributed by atoms with Crippen LogP contribution in [0.25, 0.3) is 0 Å². The van der Waals surface area contributed by atoms with E-state index in [1.807, 2.05) is 0 Å². The van der Waals surface area contributed by atoms with Gasteiger partial charge < -0.3 is 19.3 Å². The molecule has 7 nitrogen and oxygen atoms in total. The molecular formula is C22H28O7. The Morgan fingerprint density at radius 1 is 1.34 bits per heavy atom. The van der Waals surface area contributed by atoms with Crippen molar-refractivity contribution >= 4 is 17.9 Å². The van der Waals surface area contributed by atoms with Gasteiger partial charge in [-0.15, -0.1) is 0 Å². The molecule has 0 radical (unpaired) electrons. The van der Waals surface area contributed by atoms with Gasteiger partial charge in [0.2, 0.25) is 0 Å². The van der Waals surface area contributed by atoms with Gasteiger partial charge in [0.25, 0.3) is 0 Å². The van der Waals surface area contributed by atoms with E-state index in [0.29, 0.717) is 11.1 Å². The van der Waals surface area contributed by atoms with E-state index >= 15 is 0 Å². The molecular weight excluding hydrogens is 376 g/mol. The highest BCUT2D eigenvalue weighted by Gasteiger charge is 2.46. The van der Waals surface area contributed by atoms with Gasteiger partial charge in [-0.05, 0) is 45.4 Å². The minimum absolute atomic E-state index is 0.00272. The number of carbonyl (C=O) groups excluding carboxylic acids is 3. The zero-order chi connectivity index (χ0) is 21.9. The molecule has 0 aromatic carbocycles. The minimum atomic E-state index is -1.40. The molecule has 1 saturated heterocycles. The summed E-state index contributed by atoms with van der Waals surface area (Å²) in [5.41, 5.74) is -0.214. The Bertz CT molecular complexity index is 800. The minimum Gasteiger partial charge on any atom is -0.458 e. The Kier molecular flexibility index (Phi) is 6.85. The predicted octanol–water partition coefficient (Wildman–Crippen LogP) is 2.55. The first-order valence-corrected chi connectivity index (χ1v) is 9.46. The van der Waals surface area contributed by atoms with Crippen LogP contribution in [0.1, 0.15) is 41.0 Å². The summed E-state index contributed by atoms with van der Waals surface area (Å²) < 4.78 is 16.4. The third kappa shape index (κ3) is 5.44. The van der Waals surface area contributed by atoms with E-state index in [9.17, 15) is 19.5 Å². The van der Waals surface area contributed by atoms with Crippen molar-refractivity contribution in [2.45, 2.75) is 65.0 Å². The summed E-state index contributed by atoms with van der Waals surface area (Å²) in [4.78, 5) is 36.1. The van der Waals surface area contributed by atoms with Crippen molar-refractivity contribution in [2.75, 3.05) is 0 Å². The zero-order valence-corrected chi connectivity index (χ0v) is 17.4. The molecule has 29 heavy (non-hydrogen) atoms. The zero-order valence-electron chi connectivity index (χ0n) is 17.4. The summed E-state index contributed by atoms with van der Waals surface area (Å²) in [7, 11) is 0. The molecule has 0 aromatic rings. The molecule has 0 amide bonds. The first-order valence-electron chi connectivity index (χ1n) is 9.46. The van der Waals surface area contributed by atoms with Gasteiger partial charge in [0.1, 0.15) is 18.3 Å². The molecule has 1 aliphatic carbocycles. The SMILES string of the molecule is C=C1C(=O)O[C@H]2/C=C(/C)[C@@H](OC(C)=O)/C=C/[C@](C)(O)C[C@@H](OC(=O)/C(C)=C\C)[C@@H]12. The van der Waals surface area contributed by atoms with Gasteiger partial charge in [-0.3, -0.25) is 4.79 Å². The first kappa shape index (κ1) is 22.6. The molecule has 0 saturated carbocycles. The van der Waals surface area contributed by atoms with Crippen LogP contribution in [0, 0.1) is 5.92 Å². The van der Waals surface area contributed by atoms with E-state index in [4.69, 9.17) is 14.2 Å². The highest BCUT2D eigenvalue weighted by Crippen LogP contribution is 2.37. The van der Waals surface area contributed by atoms with Crippen molar-refractivity contribution < 1.29 is 33.7 Å². The lowest BCUT2D eigenvalue weighted by atomic mass is 9.82. The molecule has 2 aliphatic rings. The average molecular weight is 404 g/mol. The predicted molar refractivity (Wildman–Crippen MR) is 106 cm³/mol. The molecule has 7 heteroatoms. The molecule has 5 atom stereocenters. The molecule has 1 N–H and O–H groups in total. The smallest absolute Gasteiger partial charge is 0.334 e. The maximum Gasteiger partial charge on any atom is 0.334 e. The van der Waals surface area contributed by atoms with Crippen LogP contribution in [-0.2, 0) is 28.6 Å². The highest BCUT2D eigenvalue weighted by atomic mass is 16.6. The molecule has 0 bridgehead atoms. The molecule has 1 fully saturated rings. The lowest BCUT2D eigenvalue weighted by Gasteiger charge is -2.32. The van der Waals surface area contributed by atoms with Gasteiger partial charge in [-0.1, -0.05) is 18.7 Å². The average Bonchev–Trinajstić information content (AvgIpc) is 2.89. The maximum absolute atomic E-state index is 12.4. The molecule has 2 rings (SSSR count). The van der Waals surface area contributed by atoms with Crippen molar-refractivity contribution in [1.29, 1.82) is 0 Å². The molecule has 1 aliphatic heterocycles. The van der Waals surface area contributed by atoms with E-state index in [0.717, 1.165) is 0 Å². The van der Waals surface area contributed by atoms with Crippen LogP contribution in [0.2, 0.25) is 0 Å². The highest BCUT2D eigenvalue weighted by molar-refractivity contribution is 5.92. The second kappa shape index (κ2) is 8.78. The molecule has 158 valence electrons. The van der Waals surface area contributed by atoms with E-state index in [1.54, 1.807) is 45.9 Å². The van der Waals surface area contributed by atoms with Gasteiger partial charge in [0.05, 0.1) is 11.5 Å². The summed E-state index contributed by atoms with van der Waals surface area (Å²) >= 11 is 0. The van der Waals surface area contributed by atoms with Crippen molar-refractivity contribution in [3.8, 4) is 0 Å². The fraction of sp³-hybridized carbons (Fsp3) is 0.500. The van der Waals surface area contributed by atoms with Crippen molar-refractivity contribution in [3.63, 3.8) is 0 Å². The topological polar surface area (TPSA) is 99.1 Å². The fourth-order valence-corrected chi connectivity index (χ4v) is 3.36. The van der Waals surface area contributed by atoms with Crippen LogP contribution in [-0.4, -0.2) is 46.9 Å². The maximum atomic E-state index is 12.4. The Hall–Kier alpha value is -2.67. The molecule has 1 heterocycles. The Morgan fingerprint density at radius 3 is 2.59 bits per heavy atom. The van der Waals surface area contributed by atoms with Gasteiger partial charge in [0, 0.05) is 24.5 Å². The quantitative estimate of drug-likeness (QED) is 0.334. The largest absolute Gasteiger partial charge is 0.458 e. The summed E-state index contributed by atoms with van der Waals surface area (Å²) in [6.07, 6.45) is 4.02. The molecule has 0 aromatic heterocycles. The van der Waals surface area contributed by atoms with Crippen LogP contribution in [0.15, 0.2) is 47.6 Å². The Labute approximate surface area is 170 Å². The summed E-state index contributed by atoms with van der Waals surface area (Å²) in [5.74, 6) is -2.30. The van der Waals surface area contributed by atoms with Gasteiger partial charge >= 0.3 is 17.9 Å². The van der Waals surface area contributed by atoms with E-state index in [2.05, 4.69) is 6.58 Å². The second-order valence-electron chi connectivity index (χ2n) is 7.70. The lowest BCUT2D eigenvalue weighted by Crippen LogP contribution is -2.40. The summed E-state index contributed by atoms with van der Waals surface area (Å²) in [6, 6.07) is 0. The van der Waals surface area contributed by atoms with Gasteiger partial charge in [0.15, 0.2) is 0 Å². The Morgan fingerprint density at radius 2 is 2.00 bits per heavy atom. The van der Waals surface area contributed by atoms with Crippen molar-refractivity contribution in [3.05, 3.63) is 47.6 Å². The summed E-state index contributed by atoms with van der Waals surface area (Å²) in [5, 5.41) is 10.9. The molecule has 0 spiro atoms. The van der Waals surface area contributed by atoms with Crippen LogP contribution in [0.5, 0.6) is 0 Å². The van der Waals surface area contributed by atoms with E-state index in [1.165, 1.54) is 13.0 Å². The monoisotopic (exact) mass is 404 g/mol. The van der Waals surface area contributed by atoms with Crippen molar-refractivity contribution in [2.24, 2.45) is 5.92 Å². The van der Waals surface area contributed by atoms with E-state index in [-0.39, 0.29) is 12.0 Å². The third-order valence-electron chi connectivity index (χ3n) is 5.09. The fourth-order valence-electron chi connectivity index (χ4n) is 3.36. The number of allylic oxidation sites excluding steroid dienone is 1. The lowest BCUT2D eigenvalue weighted by molar-refractivity contribution is -0.150. The second-order valence-corrected chi connectivity index (χ2v) is 7.70. The number of carbonyl (C=O) groups is 3. The number of ether oxygens (including phenoxy) is 3. The first-order chi connectivity index (χ1) is 13.4. The Balaban J connectivity index is 2.51. The number of hydrogen-bond donors (Lipinski definition) is 1. The van der Waals surface area contributed by atoms with Crippen LogP contribution >= 0.6 is 0 Å². The van der Waals surface area contributed by atoms with Gasteiger partial charge in [-0.25, -0.2) is 9.59 Å². The third-order valence-corrected chi connectivity index (χ3v) is 5.09. The van der Waals surface area contributed by atoms with Crippen LogP contribution in [0.4, 0.5) is 0 Å². The van der Waals surface area contributed by atoms with E-state index < -0.39 is 47.7 Å². The van der Waals surface area contributed by atoms with Crippen LogP contribution in [0.3, 0.4) is 0 Å². The standard InChI is InChI=1S/C22H28O7/c1-7-12(2)20(24)29-18-11-22(6,26)9-8-16(27-15(5)23)13(3)10-17-19(18)14(4)21(25)28-17/h7-10,16-19,26H,4,11H2,1-3,5-6H3/b9-8+,12-7-,13-10-/t16-,17-,18+,19-,22-/m0/s1. The number of hydrogen-bond acceptors (Lipinski definition) is 7. The number of rotatable bonds is 3. The normalized spacial score (nSPS) is 35.7.